The molecule has 2 heterocycles. The molecule has 0 radical (unpaired) electrons. The second kappa shape index (κ2) is 5.25. The van der Waals surface area contributed by atoms with Crippen molar-refractivity contribution in [2.45, 2.75) is 44.8 Å². The van der Waals surface area contributed by atoms with E-state index in [0.717, 1.165) is 31.4 Å². The van der Waals surface area contributed by atoms with Crippen LogP contribution in [0.2, 0.25) is 0 Å². The molecule has 1 atom stereocenters. The van der Waals surface area contributed by atoms with Crippen molar-refractivity contribution in [3.63, 3.8) is 0 Å². The summed E-state index contributed by atoms with van der Waals surface area (Å²) in [5, 5.41) is 0. The minimum atomic E-state index is -0.645. The van der Waals surface area contributed by atoms with Crippen molar-refractivity contribution in [2.24, 2.45) is 4.99 Å². The lowest BCUT2D eigenvalue weighted by Crippen LogP contribution is -2.44. The van der Waals surface area contributed by atoms with Gasteiger partial charge in [0, 0.05) is 12.7 Å². The van der Waals surface area contributed by atoms with E-state index in [-0.39, 0.29) is 11.9 Å². The average molecular weight is 316 g/mol. The molecule has 1 aromatic carbocycles. The van der Waals surface area contributed by atoms with Crippen molar-refractivity contribution in [1.29, 1.82) is 0 Å². The van der Waals surface area contributed by atoms with Crippen molar-refractivity contribution < 1.29 is 13.9 Å². The third kappa shape index (κ3) is 2.58. The number of ether oxygens (including phenoxy) is 2. The van der Waals surface area contributed by atoms with Gasteiger partial charge in [0.05, 0.1) is 6.54 Å². The maximum Gasteiger partial charge on any atom is 0.292 e. The van der Waals surface area contributed by atoms with Gasteiger partial charge >= 0.3 is 0 Å². The van der Waals surface area contributed by atoms with Gasteiger partial charge in [-0.3, -0.25) is 0 Å². The highest BCUT2D eigenvalue weighted by atomic mass is 19.1. The maximum absolute atomic E-state index is 14.3. The Bertz CT molecular complexity index is 697. The Morgan fingerprint density at radius 2 is 2.09 bits per heavy atom. The second-order valence-corrected chi connectivity index (χ2v) is 6.92. The summed E-state index contributed by atoms with van der Waals surface area (Å²) in [6.45, 7) is 5.37. The minimum Gasteiger partial charge on any atom is -0.481 e. The van der Waals surface area contributed by atoms with E-state index in [9.17, 15) is 4.39 Å². The second-order valence-electron chi connectivity index (χ2n) is 6.92. The van der Waals surface area contributed by atoms with Gasteiger partial charge in [-0.15, -0.1) is 0 Å². The van der Waals surface area contributed by atoms with Crippen LogP contribution in [0.3, 0.4) is 0 Å². The molecular formula is C18H21FN2O2. The summed E-state index contributed by atoms with van der Waals surface area (Å²) >= 11 is 0. The summed E-state index contributed by atoms with van der Waals surface area (Å²) in [5.41, 5.74) is 1.67. The van der Waals surface area contributed by atoms with Crippen LogP contribution in [0.25, 0.3) is 0 Å². The standard InChI is InChI=1S/C18H21FN2O2/c1-18(2,16-11-21-8-4-7-20-17(21)22-16)23-15-10-13-6-3-5-12(13)9-14(15)19/h4,7,9-10,16H,3,5-6,8,11H2,1-2H3/t16-/m0/s1. The maximum atomic E-state index is 14.3. The summed E-state index contributed by atoms with van der Waals surface area (Å²) in [4.78, 5) is 6.30. The zero-order valence-corrected chi connectivity index (χ0v) is 13.5. The van der Waals surface area contributed by atoms with E-state index >= 15 is 0 Å². The Kier molecular flexibility index (Phi) is 3.32. The van der Waals surface area contributed by atoms with Gasteiger partial charge in [0.15, 0.2) is 17.7 Å². The first-order valence-corrected chi connectivity index (χ1v) is 8.18. The van der Waals surface area contributed by atoms with Crippen LogP contribution >= 0.6 is 0 Å². The van der Waals surface area contributed by atoms with Crippen molar-refractivity contribution in [3.8, 4) is 5.75 Å². The van der Waals surface area contributed by atoms with E-state index < -0.39 is 5.60 Å². The molecule has 2 aliphatic heterocycles. The number of aryl methyl sites for hydroxylation is 2. The molecular weight excluding hydrogens is 295 g/mol. The molecule has 0 spiro atoms. The predicted molar refractivity (Wildman–Crippen MR) is 86.2 cm³/mol. The zero-order chi connectivity index (χ0) is 16.0. The Labute approximate surface area is 135 Å². The summed E-state index contributed by atoms with van der Waals surface area (Å²) in [5.74, 6) is 0.0395. The minimum absolute atomic E-state index is 0.186. The van der Waals surface area contributed by atoms with Crippen molar-refractivity contribution >= 4 is 6.02 Å². The first kappa shape index (κ1) is 14.5. The van der Waals surface area contributed by atoms with Crippen LogP contribution in [0.5, 0.6) is 5.75 Å². The Morgan fingerprint density at radius 1 is 1.30 bits per heavy atom. The molecule has 0 amide bonds. The number of nitrogens with zero attached hydrogens (tertiary/aromatic N) is 2. The molecule has 1 aliphatic carbocycles. The highest BCUT2D eigenvalue weighted by molar-refractivity contribution is 5.77. The van der Waals surface area contributed by atoms with Gasteiger partial charge in [0.25, 0.3) is 6.02 Å². The molecule has 1 saturated heterocycles. The molecule has 1 fully saturated rings. The summed E-state index contributed by atoms with van der Waals surface area (Å²) in [7, 11) is 0. The van der Waals surface area contributed by atoms with Crippen LogP contribution in [0.15, 0.2) is 29.4 Å². The van der Waals surface area contributed by atoms with E-state index in [0.29, 0.717) is 18.3 Å². The lowest BCUT2D eigenvalue weighted by molar-refractivity contribution is -0.00604. The monoisotopic (exact) mass is 316 g/mol. The largest absolute Gasteiger partial charge is 0.481 e. The summed E-state index contributed by atoms with van der Waals surface area (Å²) in [6, 6.07) is 4.12. The number of halogens is 1. The molecule has 3 aliphatic rings. The SMILES string of the molecule is CC(C)(Oc1cc2c(cc1F)CCC2)[C@@H]1CN2CC=CN=C2O1. The summed E-state index contributed by atoms with van der Waals surface area (Å²) < 4.78 is 26.3. The molecule has 0 bridgehead atoms. The van der Waals surface area contributed by atoms with Crippen LogP contribution in [0, 0.1) is 5.82 Å². The van der Waals surface area contributed by atoms with Crippen LogP contribution in [-0.2, 0) is 17.6 Å². The lowest BCUT2D eigenvalue weighted by Gasteiger charge is -2.31. The molecule has 0 saturated carbocycles. The molecule has 5 heteroatoms. The molecule has 122 valence electrons. The van der Waals surface area contributed by atoms with E-state index in [1.807, 2.05) is 26.0 Å². The van der Waals surface area contributed by atoms with Gasteiger partial charge in [0.2, 0.25) is 0 Å². The number of rotatable bonds is 3. The Balaban J connectivity index is 1.54. The Morgan fingerprint density at radius 3 is 2.87 bits per heavy atom. The third-order valence-electron chi connectivity index (χ3n) is 4.82. The fourth-order valence-electron chi connectivity index (χ4n) is 3.43. The van der Waals surface area contributed by atoms with E-state index in [4.69, 9.17) is 9.47 Å². The molecule has 0 aromatic heterocycles. The average Bonchev–Trinajstić information content (AvgIpc) is 3.13. The van der Waals surface area contributed by atoms with E-state index in [1.165, 1.54) is 5.56 Å². The highest BCUT2D eigenvalue weighted by Crippen LogP contribution is 2.33. The smallest absolute Gasteiger partial charge is 0.292 e. The summed E-state index contributed by atoms with van der Waals surface area (Å²) in [6.07, 6.45) is 6.61. The number of aliphatic imine (C=N–C) groups is 1. The first-order chi connectivity index (χ1) is 11.0. The number of amidine groups is 1. The van der Waals surface area contributed by atoms with E-state index in [1.54, 1.807) is 12.3 Å². The van der Waals surface area contributed by atoms with Gasteiger partial charge in [-0.2, -0.15) is 0 Å². The highest BCUT2D eigenvalue weighted by Gasteiger charge is 2.42. The lowest BCUT2D eigenvalue weighted by atomic mass is 10.0. The number of benzene rings is 1. The van der Waals surface area contributed by atoms with Gasteiger partial charge in [-0.1, -0.05) is 0 Å². The van der Waals surface area contributed by atoms with E-state index in [2.05, 4.69) is 9.89 Å². The number of hydrogen-bond donors (Lipinski definition) is 0. The van der Waals surface area contributed by atoms with Crippen molar-refractivity contribution in [3.05, 3.63) is 41.4 Å². The first-order valence-electron chi connectivity index (χ1n) is 8.18. The van der Waals surface area contributed by atoms with Gasteiger partial charge in [-0.25, -0.2) is 9.38 Å². The molecule has 0 N–H and O–H groups in total. The van der Waals surface area contributed by atoms with Crippen molar-refractivity contribution in [2.75, 3.05) is 13.1 Å². The van der Waals surface area contributed by atoms with Gasteiger partial charge in [0.1, 0.15) is 5.60 Å². The normalized spacial score (nSPS) is 22.5. The fourth-order valence-corrected chi connectivity index (χ4v) is 3.43. The van der Waals surface area contributed by atoms with Gasteiger partial charge < -0.3 is 14.4 Å². The van der Waals surface area contributed by atoms with Crippen LogP contribution in [0.4, 0.5) is 4.39 Å². The zero-order valence-electron chi connectivity index (χ0n) is 13.5. The van der Waals surface area contributed by atoms with Crippen LogP contribution in [0.1, 0.15) is 31.4 Å². The van der Waals surface area contributed by atoms with Crippen molar-refractivity contribution in [1.82, 2.24) is 4.90 Å². The molecule has 23 heavy (non-hydrogen) atoms. The number of fused-ring (bicyclic) bond motifs is 2. The fraction of sp³-hybridized carbons (Fsp3) is 0.500. The number of hydrogen-bond acceptors (Lipinski definition) is 4. The molecule has 4 nitrogen and oxygen atoms in total. The van der Waals surface area contributed by atoms with Gasteiger partial charge in [-0.05, 0) is 62.4 Å². The van der Waals surface area contributed by atoms with Crippen LogP contribution < -0.4 is 4.74 Å². The Hall–Kier alpha value is -2.04. The quantitative estimate of drug-likeness (QED) is 0.859. The molecule has 0 unspecified atom stereocenters. The predicted octanol–water partition coefficient (Wildman–Crippen LogP) is 3.06. The molecule has 4 rings (SSSR count). The topological polar surface area (TPSA) is 34.1 Å². The van der Waals surface area contributed by atoms with Crippen LogP contribution in [-0.4, -0.2) is 35.7 Å². The third-order valence-corrected chi connectivity index (χ3v) is 4.82. The molecule has 1 aromatic rings.